The van der Waals surface area contributed by atoms with Crippen molar-refractivity contribution >= 4 is 5.91 Å². The standard InChI is InChI=1S/C17H19N3O3/c1-11-18-16(19-23-11)14-6-4-9-20(14)17(21)13-8-10-22-15-7-3-2-5-12(13)15/h2-3,5,7,13-14H,4,6,8-10H2,1H3. The molecule has 0 saturated carbocycles. The van der Waals surface area contributed by atoms with Gasteiger partial charge < -0.3 is 14.2 Å². The van der Waals surface area contributed by atoms with Gasteiger partial charge in [-0.25, -0.2) is 0 Å². The lowest BCUT2D eigenvalue weighted by Gasteiger charge is -2.30. The predicted molar refractivity (Wildman–Crippen MR) is 82.0 cm³/mol. The minimum absolute atomic E-state index is 0.0741. The maximum Gasteiger partial charge on any atom is 0.231 e. The maximum atomic E-state index is 13.1. The largest absolute Gasteiger partial charge is 0.493 e. The quantitative estimate of drug-likeness (QED) is 0.852. The summed E-state index contributed by atoms with van der Waals surface area (Å²) in [5, 5.41) is 4.02. The number of ether oxygens (including phenoxy) is 1. The van der Waals surface area contributed by atoms with Crippen molar-refractivity contribution in [3.05, 3.63) is 41.5 Å². The van der Waals surface area contributed by atoms with E-state index in [0.717, 1.165) is 30.7 Å². The minimum atomic E-state index is -0.145. The first-order valence-electron chi connectivity index (χ1n) is 8.06. The van der Waals surface area contributed by atoms with Crippen LogP contribution >= 0.6 is 0 Å². The number of fused-ring (bicyclic) bond motifs is 1. The normalized spacial score (nSPS) is 23.4. The first-order valence-corrected chi connectivity index (χ1v) is 8.06. The summed E-state index contributed by atoms with van der Waals surface area (Å²) in [7, 11) is 0. The van der Waals surface area contributed by atoms with E-state index < -0.39 is 0 Å². The Morgan fingerprint density at radius 2 is 2.17 bits per heavy atom. The number of rotatable bonds is 2. The summed E-state index contributed by atoms with van der Waals surface area (Å²) in [5.41, 5.74) is 0.985. The van der Waals surface area contributed by atoms with Crippen LogP contribution in [-0.2, 0) is 4.79 Å². The zero-order chi connectivity index (χ0) is 15.8. The van der Waals surface area contributed by atoms with Gasteiger partial charge in [-0.15, -0.1) is 0 Å². The lowest BCUT2D eigenvalue weighted by Crippen LogP contribution is -2.37. The van der Waals surface area contributed by atoms with Crippen LogP contribution in [0.5, 0.6) is 5.75 Å². The van der Waals surface area contributed by atoms with Gasteiger partial charge >= 0.3 is 0 Å². The van der Waals surface area contributed by atoms with Crippen molar-refractivity contribution in [2.45, 2.75) is 38.1 Å². The van der Waals surface area contributed by atoms with Gasteiger partial charge in [0.15, 0.2) is 5.82 Å². The van der Waals surface area contributed by atoms with Crippen LogP contribution in [0, 0.1) is 6.92 Å². The number of carbonyl (C=O) groups is 1. The van der Waals surface area contributed by atoms with E-state index in [1.807, 2.05) is 29.2 Å². The summed E-state index contributed by atoms with van der Waals surface area (Å²) in [6, 6.07) is 7.74. The molecule has 0 bridgehead atoms. The van der Waals surface area contributed by atoms with Crippen molar-refractivity contribution in [3.8, 4) is 5.75 Å². The number of para-hydroxylation sites is 1. The van der Waals surface area contributed by atoms with Gasteiger partial charge in [0.25, 0.3) is 0 Å². The van der Waals surface area contributed by atoms with E-state index in [1.165, 1.54) is 0 Å². The molecule has 0 spiro atoms. The molecule has 0 N–H and O–H groups in total. The molecule has 23 heavy (non-hydrogen) atoms. The number of hydrogen-bond acceptors (Lipinski definition) is 5. The van der Waals surface area contributed by atoms with Crippen molar-refractivity contribution in [3.63, 3.8) is 0 Å². The first-order chi connectivity index (χ1) is 11.2. The van der Waals surface area contributed by atoms with Crippen LogP contribution in [0.3, 0.4) is 0 Å². The molecule has 3 heterocycles. The van der Waals surface area contributed by atoms with Crippen LogP contribution in [0.15, 0.2) is 28.8 Å². The molecule has 2 aliphatic rings. The highest BCUT2D eigenvalue weighted by Gasteiger charge is 2.38. The van der Waals surface area contributed by atoms with Gasteiger partial charge in [0.1, 0.15) is 5.75 Å². The van der Waals surface area contributed by atoms with Crippen molar-refractivity contribution in [1.29, 1.82) is 0 Å². The number of benzene rings is 1. The number of aromatic nitrogens is 2. The SMILES string of the molecule is Cc1nc(C2CCCN2C(=O)C2CCOc3ccccc32)no1. The lowest BCUT2D eigenvalue weighted by molar-refractivity contribution is -0.134. The molecule has 120 valence electrons. The molecule has 2 atom stereocenters. The molecule has 0 aliphatic carbocycles. The van der Waals surface area contributed by atoms with Crippen LogP contribution in [-0.4, -0.2) is 34.1 Å². The Morgan fingerprint density at radius 3 is 3.00 bits per heavy atom. The second kappa shape index (κ2) is 5.68. The highest BCUT2D eigenvalue weighted by atomic mass is 16.5. The minimum Gasteiger partial charge on any atom is -0.493 e. The van der Waals surface area contributed by atoms with Crippen molar-refractivity contribution in [1.82, 2.24) is 15.0 Å². The van der Waals surface area contributed by atoms with E-state index in [4.69, 9.17) is 9.26 Å². The van der Waals surface area contributed by atoms with E-state index in [-0.39, 0.29) is 17.9 Å². The molecular weight excluding hydrogens is 294 g/mol. The van der Waals surface area contributed by atoms with Gasteiger partial charge in [0, 0.05) is 19.0 Å². The molecule has 6 nitrogen and oxygen atoms in total. The smallest absolute Gasteiger partial charge is 0.231 e. The summed E-state index contributed by atoms with van der Waals surface area (Å²) in [5.74, 6) is 1.98. The zero-order valence-corrected chi connectivity index (χ0v) is 13.1. The summed E-state index contributed by atoms with van der Waals surface area (Å²) in [4.78, 5) is 19.4. The molecule has 1 aromatic heterocycles. The average Bonchev–Trinajstić information content (AvgIpc) is 3.22. The van der Waals surface area contributed by atoms with Gasteiger partial charge in [-0.2, -0.15) is 4.98 Å². The van der Waals surface area contributed by atoms with E-state index in [0.29, 0.717) is 24.7 Å². The fourth-order valence-electron chi connectivity index (χ4n) is 3.55. The number of nitrogens with zero attached hydrogens (tertiary/aromatic N) is 3. The van der Waals surface area contributed by atoms with Crippen LogP contribution in [0.2, 0.25) is 0 Å². The van der Waals surface area contributed by atoms with Crippen LogP contribution in [0.1, 0.15) is 48.5 Å². The lowest BCUT2D eigenvalue weighted by atomic mass is 9.91. The molecule has 2 aromatic rings. The monoisotopic (exact) mass is 313 g/mol. The Balaban J connectivity index is 1.62. The predicted octanol–water partition coefficient (Wildman–Crippen LogP) is 2.61. The third kappa shape index (κ3) is 2.48. The molecule has 0 radical (unpaired) electrons. The molecular formula is C17H19N3O3. The molecule has 1 fully saturated rings. The zero-order valence-electron chi connectivity index (χ0n) is 13.1. The second-order valence-corrected chi connectivity index (χ2v) is 6.09. The van der Waals surface area contributed by atoms with Gasteiger partial charge in [-0.05, 0) is 25.3 Å². The third-order valence-corrected chi connectivity index (χ3v) is 4.63. The number of carbonyl (C=O) groups excluding carboxylic acids is 1. The number of aryl methyl sites for hydroxylation is 1. The Morgan fingerprint density at radius 1 is 1.30 bits per heavy atom. The van der Waals surface area contributed by atoms with Crippen molar-refractivity contribution in [2.24, 2.45) is 0 Å². The van der Waals surface area contributed by atoms with Gasteiger partial charge in [-0.1, -0.05) is 23.4 Å². The Hall–Kier alpha value is -2.37. The van der Waals surface area contributed by atoms with Crippen LogP contribution in [0.25, 0.3) is 0 Å². The number of hydrogen-bond donors (Lipinski definition) is 0. The second-order valence-electron chi connectivity index (χ2n) is 6.09. The number of likely N-dealkylation sites (tertiary alicyclic amines) is 1. The van der Waals surface area contributed by atoms with E-state index in [1.54, 1.807) is 6.92 Å². The van der Waals surface area contributed by atoms with E-state index in [9.17, 15) is 4.79 Å². The highest BCUT2D eigenvalue weighted by Crippen LogP contribution is 2.38. The molecule has 6 heteroatoms. The summed E-state index contributed by atoms with van der Waals surface area (Å²) in [6.45, 7) is 3.09. The van der Waals surface area contributed by atoms with E-state index >= 15 is 0 Å². The Bertz CT molecular complexity index is 727. The third-order valence-electron chi connectivity index (χ3n) is 4.63. The Labute approximate surface area is 134 Å². The molecule has 4 rings (SSSR count). The van der Waals surface area contributed by atoms with Crippen LogP contribution < -0.4 is 4.74 Å². The van der Waals surface area contributed by atoms with Crippen LogP contribution in [0.4, 0.5) is 0 Å². The van der Waals surface area contributed by atoms with Gasteiger partial charge in [0.05, 0.1) is 18.6 Å². The summed E-state index contributed by atoms with van der Waals surface area (Å²) < 4.78 is 10.8. The highest BCUT2D eigenvalue weighted by molar-refractivity contribution is 5.85. The molecule has 1 saturated heterocycles. The van der Waals surface area contributed by atoms with Crippen molar-refractivity contribution in [2.75, 3.05) is 13.2 Å². The Kier molecular flexibility index (Phi) is 3.52. The average molecular weight is 313 g/mol. The maximum absolute atomic E-state index is 13.1. The fraction of sp³-hybridized carbons (Fsp3) is 0.471. The topological polar surface area (TPSA) is 68.5 Å². The first kappa shape index (κ1) is 14.2. The van der Waals surface area contributed by atoms with Crippen molar-refractivity contribution < 1.29 is 14.1 Å². The number of amides is 1. The fourth-order valence-corrected chi connectivity index (χ4v) is 3.55. The van der Waals surface area contributed by atoms with Gasteiger partial charge in [0.2, 0.25) is 11.8 Å². The van der Waals surface area contributed by atoms with E-state index in [2.05, 4.69) is 10.1 Å². The molecule has 2 unspecified atom stereocenters. The summed E-state index contributed by atoms with van der Waals surface area (Å²) >= 11 is 0. The summed E-state index contributed by atoms with van der Waals surface area (Å²) in [6.07, 6.45) is 2.56. The van der Waals surface area contributed by atoms with Gasteiger partial charge in [-0.3, -0.25) is 4.79 Å². The molecule has 1 amide bonds. The molecule has 2 aliphatic heterocycles. The molecule has 1 aromatic carbocycles.